The molecule has 0 atom stereocenters. The number of ether oxygens (including phenoxy) is 1. The topological polar surface area (TPSA) is 71.9 Å². The number of H-pyrrole nitrogens is 1. The highest BCUT2D eigenvalue weighted by molar-refractivity contribution is 7.71. The number of amides is 1. The number of carbonyl (C=O) groups is 1. The van der Waals surface area contributed by atoms with Crippen LogP contribution in [0.4, 0.5) is 0 Å². The quantitative estimate of drug-likeness (QED) is 0.801. The molecule has 6 nitrogen and oxygen atoms in total. The van der Waals surface area contributed by atoms with Gasteiger partial charge in [0.1, 0.15) is 5.75 Å². The fraction of sp³-hybridized carbons (Fsp3) is 0.400. The van der Waals surface area contributed by atoms with E-state index >= 15 is 0 Å². The molecule has 116 valence electrons. The van der Waals surface area contributed by atoms with Crippen molar-refractivity contribution in [2.75, 3.05) is 6.61 Å². The SMILES string of the molecule is Cn1c(CNC(=O)c2ccc(OCC3CC3)cc2)n[nH]c1=S. The molecule has 1 aliphatic rings. The molecule has 0 radical (unpaired) electrons. The lowest BCUT2D eigenvalue weighted by molar-refractivity contribution is 0.0949. The van der Waals surface area contributed by atoms with Gasteiger partial charge in [-0.2, -0.15) is 5.10 Å². The van der Waals surface area contributed by atoms with E-state index in [1.807, 2.05) is 12.1 Å². The number of aromatic amines is 1. The Balaban J connectivity index is 1.54. The summed E-state index contributed by atoms with van der Waals surface area (Å²) in [4.78, 5) is 12.1. The number of rotatable bonds is 6. The fourth-order valence-corrected chi connectivity index (χ4v) is 2.15. The monoisotopic (exact) mass is 318 g/mol. The molecule has 22 heavy (non-hydrogen) atoms. The van der Waals surface area contributed by atoms with Crippen molar-refractivity contribution in [2.45, 2.75) is 19.4 Å². The number of nitrogens with one attached hydrogen (secondary N) is 2. The predicted octanol–water partition coefficient (Wildman–Crippen LogP) is 2.20. The first-order valence-electron chi connectivity index (χ1n) is 7.25. The molecule has 3 rings (SSSR count). The summed E-state index contributed by atoms with van der Waals surface area (Å²) in [6.07, 6.45) is 2.52. The van der Waals surface area contributed by atoms with Gasteiger partial charge in [-0.25, -0.2) is 0 Å². The van der Waals surface area contributed by atoms with E-state index in [0.717, 1.165) is 12.4 Å². The van der Waals surface area contributed by atoms with E-state index in [0.29, 0.717) is 28.6 Å². The lowest BCUT2D eigenvalue weighted by atomic mass is 10.2. The lowest BCUT2D eigenvalue weighted by Gasteiger charge is -2.07. The van der Waals surface area contributed by atoms with Crippen molar-refractivity contribution in [3.05, 3.63) is 40.4 Å². The summed E-state index contributed by atoms with van der Waals surface area (Å²) in [5.74, 6) is 2.05. The van der Waals surface area contributed by atoms with Crippen LogP contribution in [0.1, 0.15) is 29.0 Å². The first-order valence-corrected chi connectivity index (χ1v) is 7.65. The minimum atomic E-state index is -0.150. The van der Waals surface area contributed by atoms with Crippen LogP contribution in [0, 0.1) is 10.7 Å². The molecule has 0 unspecified atom stereocenters. The summed E-state index contributed by atoms with van der Waals surface area (Å²) in [7, 11) is 1.80. The van der Waals surface area contributed by atoms with E-state index in [1.54, 1.807) is 23.7 Å². The normalized spacial score (nSPS) is 13.9. The van der Waals surface area contributed by atoms with Crippen molar-refractivity contribution in [2.24, 2.45) is 13.0 Å². The van der Waals surface area contributed by atoms with E-state index in [1.165, 1.54) is 12.8 Å². The van der Waals surface area contributed by atoms with E-state index in [-0.39, 0.29) is 5.91 Å². The number of nitrogens with zero attached hydrogens (tertiary/aromatic N) is 2. The van der Waals surface area contributed by atoms with Crippen LogP contribution in [0.3, 0.4) is 0 Å². The molecule has 1 aliphatic carbocycles. The van der Waals surface area contributed by atoms with Crippen molar-refractivity contribution >= 4 is 18.1 Å². The molecule has 2 N–H and O–H groups in total. The highest BCUT2D eigenvalue weighted by Crippen LogP contribution is 2.29. The van der Waals surface area contributed by atoms with Gasteiger partial charge in [-0.15, -0.1) is 0 Å². The largest absolute Gasteiger partial charge is 0.493 e. The number of hydrogen-bond donors (Lipinski definition) is 2. The average molecular weight is 318 g/mol. The van der Waals surface area contributed by atoms with Crippen molar-refractivity contribution < 1.29 is 9.53 Å². The second-order valence-corrected chi connectivity index (χ2v) is 5.85. The van der Waals surface area contributed by atoms with Crippen molar-refractivity contribution in [3.8, 4) is 5.75 Å². The number of hydrogen-bond acceptors (Lipinski definition) is 4. The predicted molar refractivity (Wildman–Crippen MR) is 84.2 cm³/mol. The lowest BCUT2D eigenvalue weighted by Crippen LogP contribution is -2.24. The van der Waals surface area contributed by atoms with Gasteiger partial charge in [0.25, 0.3) is 5.91 Å². The standard InChI is InChI=1S/C15H18N4O2S/c1-19-13(17-18-15(19)22)8-16-14(20)11-4-6-12(7-5-11)21-9-10-2-3-10/h4-7,10H,2-3,8-9H2,1H3,(H,16,20)(H,18,22). The molecule has 1 amide bonds. The molecular weight excluding hydrogens is 300 g/mol. The van der Waals surface area contributed by atoms with E-state index < -0.39 is 0 Å². The van der Waals surface area contributed by atoms with Crippen LogP contribution in [0.25, 0.3) is 0 Å². The van der Waals surface area contributed by atoms with Crippen LogP contribution >= 0.6 is 12.2 Å². The summed E-state index contributed by atoms with van der Waals surface area (Å²) < 4.78 is 7.91. The van der Waals surface area contributed by atoms with Gasteiger partial charge in [0.15, 0.2) is 10.6 Å². The van der Waals surface area contributed by atoms with Gasteiger partial charge in [-0.1, -0.05) is 0 Å². The minimum absolute atomic E-state index is 0.150. The van der Waals surface area contributed by atoms with Crippen LogP contribution in [-0.2, 0) is 13.6 Å². The third kappa shape index (κ3) is 3.54. The summed E-state index contributed by atoms with van der Waals surface area (Å²) in [6.45, 7) is 1.09. The van der Waals surface area contributed by atoms with E-state index in [9.17, 15) is 4.79 Å². The Morgan fingerprint density at radius 1 is 1.45 bits per heavy atom. The fourth-order valence-electron chi connectivity index (χ4n) is 2.00. The van der Waals surface area contributed by atoms with Gasteiger partial charge >= 0.3 is 0 Å². The summed E-state index contributed by atoms with van der Waals surface area (Å²) in [5, 5.41) is 9.56. The van der Waals surface area contributed by atoms with Crippen LogP contribution in [0.5, 0.6) is 5.75 Å². The maximum absolute atomic E-state index is 12.1. The molecule has 1 heterocycles. The highest BCUT2D eigenvalue weighted by Gasteiger charge is 2.21. The van der Waals surface area contributed by atoms with Crippen LogP contribution < -0.4 is 10.1 Å². The van der Waals surface area contributed by atoms with Gasteiger partial charge in [0, 0.05) is 12.6 Å². The molecule has 0 saturated heterocycles. The highest BCUT2D eigenvalue weighted by atomic mass is 32.1. The third-order valence-electron chi connectivity index (χ3n) is 3.68. The number of carbonyl (C=O) groups excluding carboxylic acids is 1. The molecule has 2 aromatic rings. The van der Waals surface area contributed by atoms with Crippen LogP contribution in [0.15, 0.2) is 24.3 Å². The van der Waals surface area contributed by atoms with Crippen LogP contribution in [-0.4, -0.2) is 27.3 Å². The Morgan fingerprint density at radius 2 is 2.18 bits per heavy atom. The van der Waals surface area contributed by atoms with Gasteiger partial charge in [0.2, 0.25) is 0 Å². The summed E-state index contributed by atoms with van der Waals surface area (Å²) >= 11 is 5.03. The molecule has 1 saturated carbocycles. The zero-order chi connectivity index (χ0) is 15.5. The molecule has 1 fully saturated rings. The van der Waals surface area contributed by atoms with Crippen molar-refractivity contribution in [1.82, 2.24) is 20.1 Å². The average Bonchev–Trinajstić information content (AvgIpc) is 3.31. The molecule has 1 aromatic carbocycles. The number of aromatic nitrogens is 3. The molecular formula is C15H18N4O2S. The second kappa shape index (κ2) is 6.31. The summed E-state index contributed by atoms with van der Waals surface area (Å²) in [6, 6.07) is 7.18. The first kappa shape index (κ1) is 14.8. The molecule has 0 aliphatic heterocycles. The van der Waals surface area contributed by atoms with Gasteiger partial charge in [0.05, 0.1) is 13.2 Å². The van der Waals surface area contributed by atoms with Gasteiger partial charge < -0.3 is 14.6 Å². The smallest absolute Gasteiger partial charge is 0.251 e. The maximum atomic E-state index is 12.1. The van der Waals surface area contributed by atoms with E-state index in [4.69, 9.17) is 17.0 Å². The Labute approximate surface area is 133 Å². The van der Waals surface area contributed by atoms with Gasteiger partial charge in [-0.3, -0.25) is 9.89 Å². The zero-order valence-corrected chi connectivity index (χ0v) is 13.2. The Bertz CT molecular complexity index is 716. The zero-order valence-electron chi connectivity index (χ0n) is 12.3. The molecule has 0 bridgehead atoms. The maximum Gasteiger partial charge on any atom is 0.251 e. The number of benzene rings is 1. The molecule has 1 aromatic heterocycles. The summed E-state index contributed by atoms with van der Waals surface area (Å²) in [5.41, 5.74) is 0.593. The minimum Gasteiger partial charge on any atom is -0.493 e. The van der Waals surface area contributed by atoms with Crippen molar-refractivity contribution in [3.63, 3.8) is 0 Å². The van der Waals surface area contributed by atoms with Crippen LogP contribution in [0.2, 0.25) is 0 Å². The van der Waals surface area contributed by atoms with Crippen molar-refractivity contribution in [1.29, 1.82) is 0 Å². The Morgan fingerprint density at radius 3 is 2.77 bits per heavy atom. The molecule has 0 spiro atoms. The second-order valence-electron chi connectivity index (χ2n) is 5.47. The Kier molecular flexibility index (Phi) is 4.24. The molecule has 7 heteroatoms. The Hall–Kier alpha value is -2.15. The first-order chi connectivity index (χ1) is 10.6. The van der Waals surface area contributed by atoms with Gasteiger partial charge in [-0.05, 0) is 55.2 Å². The third-order valence-corrected chi connectivity index (χ3v) is 4.04. The van der Waals surface area contributed by atoms with E-state index in [2.05, 4.69) is 15.5 Å².